The molecule has 0 aromatic carbocycles. The van der Waals surface area contributed by atoms with E-state index in [-0.39, 0.29) is 6.10 Å². The van der Waals surface area contributed by atoms with Gasteiger partial charge >= 0.3 is 0 Å². The van der Waals surface area contributed by atoms with Gasteiger partial charge in [-0.05, 0) is 27.2 Å². The summed E-state index contributed by atoms with van der Waals surface area (Å²) in [5.41, 5.74) is 0.900. The van der Waals surface area contributed by atoms with Gasteiger partial charge in [-0.15, -0.1) is 0 Å². The predicted molar refractivity (Wildman–Crippen MR) is 65.4 cm³/mol. The topological polar surface area (TPSA) is 56.3 Å². The van der Waals surface area contributed by atoms with Crippen molar-refractivity contribution in [3.05, 3.63) is 11.8 Å². The minimum atomic E-state index is 0.118. The molecule has 1 aliphatic heterocycles. The van der Waals surface area contributed by atoms with E-state index < -0.39 is 0 Å². The van der Waals surface area contributed by atoms with E-state index in [0.717, 1.165) is 25.3 Å². The van der Waals surface area contributed by atoms with E-state index in [1.165, 1.54) is 0 Å². The predicted octanol–water partition coefficient (Wildman–Crippen LogP) is 1.77. The van der Waals surface area contributed by atoms with Gasteiger partial charge in [0.25, 0.3) is 0 Å². The lowest BCUT2D eigenvalue weighted by Gasteiger charge is -2.13. The van der Waals surface area contributed by atoms with Gasteiger partial charge in [0, 0.05) is 18.4 Å². The third-order valence-electron chi connectivity index (χ3n) is 2.45. The molecule has 0 amide bonds. The van der Waals surface area contributed by atoms with Gasteiger partial charge in [0.1, 0.15) is 0 Å². The van der Waals surface area contributed by atoms with Crippen LogP contribution in [0.4, 0.5) is 5.95 Å². The van der Waals surface area contributed by atoms with Crippen molar-refractivity contribution < 1.29 is 9.47 Å². The van der Waals surface area contributed by atoms with Gasteiger partial charge in [-0.1, -0.05) is 0 Å². The van der Waals surface area contributed by atoms with Gasteiger partial charge in [0.15, 0.2) is 0 Å². The maximum atomic E-state index is 5.58. The molecule has 1 unspecified atom stereocenters. The van der Waals surface area contributed by atoms with E-state index in [9.17, 15) is 0 Å². The summed E-state index contributed by atoms with van der Waals surface area (Å²) < 4.78 is 10.9. The highest BCUT2D eigenvalue weighted by molar-refractivity contribution is 5.32. The van der Waals surface area contributed by atoms with Crippen LogP contribution in [-0.2, 0) is 4.74 Å². The fourth-order valence-corrected chi connectivity index (χ4v) is 1.74. The fourth-order valence-electron chi connectivity index (χ4n) is 1.74. The Kier molecular flexibility index (Phi) is 3.78. The summed E-state index contributed by atoms with van der Waals surface area (Å²) in [5.74, 6) is 1.24. The molecule has 0 aliphatic carbocycles. The molecule has 5 heteroatoms. The van der Waals surface area contributed by atoms with Crippen LogP contribution in [-0.4, -0.2) is 35.3 Å². The van der Waals surface area contributed by atoms with Gasteiger partial charge in [-0.3, -0.25) is 0 Å². The first-order chi connectivity index (χ1) is 8.13. The summed E-state index contributed by atoms with van der Waals surface area (Å²) in [6.07, 6.45) is 1.12. The molecular weight excluding hydrogens is 218 g/mol. The molecule has 0 saturated carbocycles. The molecule has 17 heavy (non-hydrogen) atoms. The second-order valence-electron chi connectivity index (χ2n) is 4.54. The van der Waals surface area contributed by atoms with Crippen molar-refractivity contribution in [3.63, 3.8) is 0 Å². The summed E-state index contributed by atoms with van der Waals surface area (Å²) in [6.45, 7) is 7.42. The Morgan fingerprint density at radius 3 is 2.94 bits per heavy atom. The zero-order valence-corrected chi connectivity index (χ0v) is 10.6. The lowest BCUT2D eigenvalue weighted by atomic mass is 10.3. The van der Waals surface area contributed by atoms with Crippen LogP contribution in [0.1, 0.15) is 26.0 Å². The van der Waals surface area contributed by atoms with Crippen molar-refractivity contribution in [1.29, 1.82) is 0 Å². The lowest BCUT2D eigenvalue weighted by Crippen LogP contribution is -2.21. The Labute approximate surface area is 102 Å². The van der Waals surface area contributed by atoms with Gasteiger partial charge in [-0.25, -0.2) is 4.98 Å². The smallest absolute Gasteiger partial charge is 0.226 e. The van der Waals surface area contributed by atoms with Gasteiger partial charge in [0.2, 0.25) is 11.8 Å². The average Bonchev–Trinajstić information content (AvgIpc) is 2.67. The summed E-state index contributed by atoms with van der Waals surface area (Å²) in [4.78, 5) is 8.68. The van der Waals surface area contributed by atoms with Crippen LogP contribution in [0.2, 0.25) is 0 Å². The quantitative estimate of drug-likeness (QED) is 0.865. The molecular formula is C12H19N3O2. The highest BCUT2D eigenvalue weighted by Gasteiger charge is 2.16. The van der Waals surface area contributed by atoms with Crippen molar-refractivity contribution in [2.45, 2.75) is 39.3 Å². The molecule has 1 aromatic rings. The van der Waals surface area contributed by atoms with Crippen molar-refractivity contribution in [3.8, 4) is 5.88 Å². The summed E-state index contributed by atoms with van der Waals surface area (Å²) >= 11 is 0. The van der Waals surface area contributed by atoms with Crippen molar-refractivity contribution >= 4 is 5.95 Å². The summed E-state index contributed by atoms with van der Waals surface area (Å²) in [5, 5.41) is 3.27. The van der Waals surface area contributed by atoms with Crippen LogP contribution in [0.5, 0.6) is 5.88 Å². The first-order valence-electron chi connectivity index (χ1n) is 6.00. The second-order valence-corrected chi connectivity index (χ2v) is 4.54. The molecule has 2 rings (SSSR count). The second kappa shape index (κ2) is 5.31. The number of ether oxygens (including phenoxy) is 2. The van der Waals surface area contributed by atoms with Crippen LogP contribution >= 0.6 is 0 Å². The number of rotatable bonds is 4. The number of hydrogen-bond acceptors (Lipinski definition) is 5. The normalized spacial score (nSPS) is 19.6. The molecule has 1 atom stereocenters. The molecule has 5 nitrogen and oxygen atoms in total. The van der Waals surface area contributed by atoms with Crippen molar-refractivity contribution in [2.24, 2.45) is 0 Å². The van der Waals surface area contributed by atoms with E-state index in [1.54, 1.807) is 0 Å². The maximum absolute atomic E-state index is 5.58. The van der Waals surface area contributed by atoms with Gasteiger partial charge < -0.3 is 14.8 Å². The standard InChI is InChI=1S/C12H19N3O2/c1-8(2)17-11-6-9(3)13-12(15-11)14-10-4-5-16-7-10/h6,8,10H,4-5,7H2,1-3H3,(H,13,14,15). The van der Waals surface area contributed by atoms with Gasteiger partial charge in [0.05, 0.1) is 18.8 Å². The third-order valence-corrected chi connectivity index (χ3v) is 2.45. The number of nitrogens with one attached hydrogen (secondary N) is 1. The zero-order valence-electron chi connectivity index (χ0n) is 10.6. The van der Waals surface area contributed by atoms with E-state index in [1.807, 2.05) is 26.8 Å². The van der Waals surface area contributed by atoms with Crippen molar-refractivity contribution in [2.75, 3.05) is 18.5 Å². The number of nitrogens with zero attached hydrogens (tertiary/aromatic N) is 2. The van der Waals surface area contributed by atoms with Crippen LogP contribution in [0.25, 0.3) is 0 Å². The average molecular weight is 237 g/mol. The fraction of sp³-hybridized carbons (Fsp3) is 0.667. The molecule has 1 aliphatic rings. The minimum Gasteiger partial charge on any atom is -0.475 e. The van der Waals surface area contributed by atoms with E-state index in [0.29, 0.717) is 17.9 Å². The first-order valence-corrected chi connectivity index (χ1v) is 6.00. The van der Waals surface area contributed by atoms with Crippen molar-refractivity contribution in [1.82, 2.24) is 9.97 Å². The Hall–Kier alpha value is -1.36. The Morgan fingerprint density at radius 2 is 2.29 bits per heavy atom. The number of anilines is 1. The molecule has 1 N–H and O–H groups in total. The third kappa shape index (κ3) is 3.56. The van der Waals surface area contributed by atoms with Gasteiger partial charge in [-0.2, -0.15) is 4.98 Å². The Morgan fingerprint density at radius 1 is 1.47 bits per heavy atom. The SMILES string of the molecule is Cc1cc(OC(C)C)nc(NC2CCOC2)n1. The summed E-state index contributed by atoms with van der Waals surface area (Å²) in [7, 11) is 0. The number of aromatic nitrogens is 2. The highest BCUT2D eigenvalue weighted by Crippen LogP contribution is 2.16. The van der Waals surface area contributed by atoms with Crippen LogP contribution in [0.15, 0.2) is 6.07 Å². The maximum Gasteiger partial charge on any atom is 0.226 e. The van der Waals surface area contributed by atoms with E-state index >= 15 is 0 Å². The number of aryl methyl sites for hydroxylation is 1. The molecule has 0 spiro atoms. The van der Waals surface area contributed by atoms with Crippen LogP contribution < -0.4 is 10.1 Å². The molecule has 94 valence electrons. The molecule has 1 fully saturated rings. The molecule has 0 radical (unpaired) electrons. The molecule has 0 bridgehead atoms. The zero-order chi connectivity index (χ0) is 12.3. The monoisotopic (exact) mass is 237 g/mol. The lowest BCUT2D eigenvalue weighted by molar-refractivity contribution is 0.195. The highest BCUT2D eigenvalue weighted by atomic mass is 16.5. The molecule has 1 aromatic heterocycles. The Bertz CT molecular complexity index is 376. The minimum absolute atomic E-state index is 0.118. The number of hydrogen-bond donors (Lipinski definition) is 1. The largest absolute Gasteiger partial charge is 0.475 e. The Balaban J connectivity index is 2.07. The van der Waals surface area contributed by atoms with Crippen LogP contribution in [0.3, 0.4) is 0 Å². The molecule has 2 heterocycles. The first kappa shape index (κ1) is 12.1. The molecule has 1 saturated heterocycles. The van der Waals surface area contributed by atoms with E-state index in [4.69, 9.17) is 9.47 Å². The van der Waals surface area contributed by atoms with Crippen LogP contribution in [0, 0.1) is 6.92 Å². The summed E-state index contributed by atoms with van der Waals surface area (Å²) in [6, 6.07) is 2.15. The van der Waals surface area contributed by atoms with E-state index in [2.05, 4.69) is 15.3 Å².